The van der Waals surface area contributed by atoms with Gasteiger partial charge in [-0.05, 0) is 26.0 Å². The first kappa shape index (κ1) is 19.7. The number of nitrogens with one attached hydrogen (secondary N) is 1. The van der Waals surface area contributed by atoms with Crippen molar-refractivity contribution in [3.8, 4) is 28.5 Å². The van der Waals surface area contributed by atoms with Gasteiger partial charge in [0.2, 0.25) is 5.75 Å². The SMILES string of the molecule is COc1cc(C(=O)Nc2nc(-c3ccc(C)cc3)c(C)s2)cc(OC)c1OC. The molecule has 0 saturated heterocycles. The lowest BCUT2D eigenvalue weighted by molar-refractivity contribution is 0.102. The number of rotatable bonds is 6. The Morgan fingerprint density at radius 1 is 0.964 bits per heavy atom. The van der Waals surface area contributed by atoms with Gasteiger partial charge in [0.25, 0.3) is 5.91 Å². The summed E-state index contributed by atoms with van der Waals surface area (Å²) in [6, 6.07) is 11.4. The van der Waals surface area contributed by atoms with E-state index in [2.05, 4.69) is 10.3 Å². The van der Waals surface area contributed by atoms with E-state index in [0.29, 0.717) is 27.9 Å². The summed E-state index contributed by atoms with van der Waals surface area (Å²) in [5.41, 5.74) is 3.46. The second kappa shape index (κ2) is 8.31. The molecule has 6 nitrogen and oxygen atoms in total. The number of methoxy groups -OCH3 is 3. The van der Waals surface area contributed by atoms with E-state index in [0.717, 1.165) is 16.1 Å². The number of hydrogen-bond donors (Lipinski definition) is 1. The number of hydrogen-bond acceptors (Lipinski definition) is 6. The molecule has 0 fully saturated rings. The first-order valence-corrected chi connectivity index (χ1v) is 9.44. The molecule has 0 unspecified atom stereocenters. The van der Waals surface area contributed by atoms with Gasteiger partial charge in [0.1, 0.15) is 0 Å². The van der Waals surface area contributed by atoms with Crippen molar-refractivity contribution in [3.05, 3.63) is 52.4 Å². The van der Waals surface area contributed by atoms with Crippen molar-refractivity contribution in [1.29, 1.82) is 0 Å². The first-order chi connectivity index (χ1) is 13.5. The molecule has 0 atom stereocenters. The number of aromatic nitrogens is 1. The molecule has 0 radical (unpaired) electrons. The number of amides is 1. The third kappa shape index (κ3) is 3.94. The van der Waals surface area contributed by atoms with Gasteiger partial charge in [0.05, 0.1) is 27.0 Å². The maximum atomic E-state index is 12.8. The molecular formula is C21H22N2O4S. The van der Waals surface area contributed by atoms with Gasteiger partial charge in [-0.1, -0.05) is 29.8 Å². The molecule has 1 N–H and O–H groups in total. The van der Waals surface area contributed by atoms with E-state index in [9.17, 15) is 4.79 Å². The summed E-state index contributed by atoms with van der Waals surface area (Å²) in [6.07, 6.45) is 0. The molecule has 28 heavy (non-hydrogen) atoms. The van der Waals surface area contributed by atoms with Crippen LogP contribution in [0.4, 0.5) is 5.13 Å². The lowest BCUT2D eigenvalue weighted by atomic mass is 10.1. The van der Waals surface area contributed by atoms with Gasteiger partial charge in [-0.25, -0.2) is 4.98 Å². The molecule has 0 saturated carbocycles. The molecule has 1 amide bonds. The van der Waals surface area contributed by atoms with Crippen LogP contribution in [0.3, 0.4) is 0 Å². The van der Waals surface area contributed by atoms with Gasteiger partial charge in [-0.2, -0.15) is 0 Å². The lowest BCUT2D eigenvalue weighted by Crippen LogP contribution is -2.12. The minimum absolute atomic E-state index is 0.302. The summed E-state index contributed by atoms with van der Waals surface area (Å²) < 4.78 is 15.9. The molecule has 1 aromatic heterocycles. The number of thiazole rings is 1. The molecule has 0 bridgehead atoms. The van der Waals surface area contributed by atoms with E-state index in [1.165, 1.54) is 38.2 Å². The van der Waals surface area contributed by atoms with Crippen molar-refractivity contribution in [2.45, 2.75) is 13.8 Å². The van der Waals surface area contributed by atoms with Crippen molar-refractivity contribution in [3.63, 3.8) is 0 Å². The smallest absolute Gasteiger partial charge is 0.257 e. The van der Waals surface area contributed by atoms with Crippen LogP contribution in [0, 0.1) is 13.8 Å². The Kier molecular flexibility index (Phi) is 5.84. The van der Waals surface area contributed by atoms with E-state index >= 15 is 0 Å². The lowest BCUT2D eigenvalue weighted by Gasteiger charge is -2.13. The number of anilines is 1. The maximum Gasteiger partial charge on any atom is 0.257 e. The summed E-state index contributed by atoms with van der Waals surface area (Å²) in [5, 5.41) is 3.39. The number of aryl methyl sites for hydroxylation is 2. The predicted molar refractivity (Wildman–Crippen MR) is 111 cm³/mol. The zero-order valence-electron chi connectivity index (χ0n) is 16.5. The highest BCUT2D eigenvalue weighted by molar-refractivity contribution is 7.16. The van der Waals surface area contributed by atoms with Gasteiger partial charge in [-0.3, -0.25) is 10.1 Å². The Balaban J connectivity index is 1.87. The van der Waals surface area contributed by atoms with E-state index in [-0.39, 0.29) is 5.91 Å². The van der Waals surface area contributed by atoms with Crippen LogP contribution in [0.25, 0.3) is 11.3 Å². The van der Waals surface area contributed by atoms with Gasteiger partial charge in [0, 0.05) is 16.0 Å². The predicted octanol–water partition coefficient (Wildman–Crippen LogP) is 4.71. The second-order valence-corrected chi connectivity index (χ2v) is 7.36. The Morgan fingerprint density at radius 2 is 1.57 bits per heavy atom. The van der Waals surface area contributed by atoms with Crippen molar-refractivity contribution in [2.24, 2.45) is 0 Å². The molecule has 2 aromatic carbocycles. The third-order valence-electron chi connectivity index (χ3n) is 4.27. The van der Waals surface area contributed by atoms with Crippen LogP contribution in [0.2, 0.25) is 0 Å². The molecule has 1 heterocycles. The average Bonchev–Trinajstić information content (AvgIpc) is 3.07. The fourth-order valence-corrected chi connectivity index (χ4v) is 3.64. The fourth-order valence-electron chi connectivity index (χ4n) is 2.81. The largest absolute Gasteiger partial charge is 0.493 e. The number of carbonyl (C=O) groups is 1. The highest BCUT2D eigenvalue weighted by atomic mass is 32.1. The van der Waals surface area contributed by atoms with E-state index < -0.39 is 0 Å². The van der Waals surface area contributed by atoms with Gasteiger partial charge < -0.3 is 14.2 Å². The average molecular weight is 398 g/mol. The van der Waals surface area contributed by atoms with Crippen LogP contribution in [-0.4, -0.2) is 32.2 Å². The van der Waals surface area contributed by atoms with Crippen molar-refractivity contribution in [1.82, 2.24) is 4.98 Å². The summed E-state index contributed by atoms with van der Waals surface area (Å²) >= 11 is 1.43. The quantitative estimate of drug-likeness (QED) is 0.651. The normalized spacial score (nSPS) is 10.5. The summed E-state index contributed by atoms with van der Waals surface area (Å²) in [4.78, 5) is 18.4. The molecule has 7 heteroatoms. The maximum absolute atomic E-state index is 12.8. The van der Waals surface area contributed by atoms with Crippen LogP contribution < -0.4 is 19.5 Å². The second-order valence-electron chi connectivity index (χ2n) is 6.16. The van der Waals surface area contributed by atoms with Crippen LogP contribution in [-0.2, 0) is 0 Å². The highest BCUT2D eigenvalue weighted by Gasteiger charge is 2.18. The number of nitrogens with zero attached hydrogens (tertiary/aromatic N) is 1. The van der Waals surface area contributed by atoms with Gasteiger partial charge >= 0.3 is 0 Å². The number of ether oxygens (including phenoxy) is 3. The zero-order valence-corrected chi connectivity index (χ0v) is 17.3. The molecule has 0 aliphatic rings. The Bertz CT molecular complexity index is 971. The van der Waals surface area contributed by atoms with Crippen LogP contribution >= 0.6 is 11.3 Å². The first-order valence-electron chi connectivity index (χ1n) is 8.62. The standard InChI is InChI=1S/C21H22N2O4S/c1-12-6-8-14(9-7-12)18-13(2)28-21(22-18)23-20(24)15-10-16(25-3)19(27-5)17(11-15)26-4/h6-11H,1-5H3,(H,22,23,24). The van der Waals surface area contributed by atoms with E-state index in [1.54, 1.807) is 12.1 Å². The van der Waals surface area contributed by atoms with Crippen LogP contribution in [0.1, 0.15) is 20.8 Å². The monoisotopic (exact) mass is 398 g/mol. The van der Waals surface area contributed by atoms with Crippen LogP contribution in [0.15, 0.2) is 36.4 Å². The topological polar surface area (TPSA) is 69.7 Å². The molecule has 146 valence electrons. The molecular weight excluding hydrogens is 376 g/mol. The Hall–Kier alpha value is -3.06. The van der Waals surface area contributed by atoms with Crippen molar-refractivity contribution < 1.29 is 19.0 Å². The van der Waals surface area contributed by atoms with Gasteiger partial charge in [0.15, 0.2) is 16.6 Å². The molecule has 0 spiro atoms. The molecule has 3 aromatic rings. The Labute approximate surface area is 168 Å². The molecule has 0 aliphatic heterocycles. The fraction of sp³-hybridized carbons (Fsp3) is 0.238. The zero-order chi connectivity index (χ0) is 20.3. The van der Waals surface area contributed by atoms with Crippen LogP contribution in [0.5, 0.6) is 17.2 Å². The summed E-state index contributed by atoms with van der Waals surface area (Å²) in [5.74, 6) is 0.974. The minimum Gasteiger partial charge on any atom is -0.493 e. The highest BCUT2D eigenvalue weighted by Crippen LogP contribution is 2.38. The minimum atomic E-state index is -0.302. The number of benzene rings is 2. The molecule has 0 aliphatic carbocycles. The van der Waals surface area contributed by atoms with E-state index in [1.807, 2.05) is 38.1 Å². The summed E-state index contributed by atoms with van der Waals surface area (Å²) in [6.45, 7) is 4.03. The Morgan fingerprint density at radius 3 is 2.11 bits per heavy atom. The third-order valence-corrected chi connectivity index (χ3v) is 5.16. The van der Waals surface area contributed by atoms with Gasteiger partial charge in [-0.15, -0.1) is 11.3 Å². The van der Waals surface area contributed by atoms with E-state index in [4.69, 9.17) is 14.2 Å². The van der Waals surface area contributed by atoms with Crippen molar-refractivity contribution >= 4 is 22.4 Å². The number of carbonyl (C=O) groups excluding carboxylic acids is 1. The molecule has 3 rings (SSSR count). The summed E-state index contributed by atoms with van der Waals surface area (Å²) in [7, 11) is 4.54. The van der Waals surface area contributed by atoms with Crippen molar-refractivity contribution in [2.75, 3.05) is 26.6 Å².